The van der Waals surface area contributed by atoms with Gasteiger partial charge in [-0.25, -0.2) is 0 Å². The van der Waals surface area contributed by atoms with Crippen LogP contribution in [-0.4, -0.2) is 11.5 Å². The Bertz CT molecular complexity index is 693. The van der Waals surface area contributed by atoms with Crippen molar-refractivity contribution in [3.05, 3.63) is 43.0 Å². The van der Waals surface area contributed by atoms with Gasteiger partial charge in [0.25, 0.3) is 0 Å². The second kappa shape index (κ2) is 5.10. The maximum Gasteiger partial charge on any atom is 0.0701 e. The zero-order valence-corrected chi connectivity index (χ0v) is 15.5. The van der Waals surface area contributed by atoms with Crippen LogP contribution in [0.2, 0.25) is 0 Å². The highest BCUT2D eigenvalue weighted by atomic mass is 79.9. The molecular weight excluding hydrogens is 362 g/mol. The van der Waals surface area contributed by atoms with Crippen LogP contribution in [0.1, 0.15) is 43.9 Å². The van der Waals surface area contributed by atoms with Crippen molar-refractivity contribution in [3.63, 3.8) is 0 Å². The molecule has 3 heterocycles. The Labute approximate surface area is 142 Å². The second-order valence-corrected chi connectivity index (χ2v) is 10.3. The van der Waals surface area contributed by atoms with Gasteiger partial charge in [0.1, 0.15) is 0 Å². The Hall–Kier alpha value is -0.320. The number of halogens is 1. The van der Waals surface area contributed by atoms with Crippen molar-refractivity contribution in [3.8, 4) is 0 Å². The first-order valence-corrected chi connectivity index (χ1v) is 10.0. The fourth-order valence-electron chi connectivity index (χ4n) is 3.43. The minimum Gasteiger partial charge on any atom is -0.257 e. The highest BCUT2D eigenvalue weighted by Crippen LogP contribution is 2.53. The molecule has 0 bridgehead atoms. The fraction of sp³-hybridized carbons (Fsp3) is 0.471. The van der Waals surface area contributed by atoms with Gasteiger partial charge < -0.3 is 0 Å². The van der Waals surface area contributed by atoms with Crippen molar-refractivity contribution in [1.82, 2.24) is 0 Å². The van der Waals surface area contributed by atoms with Crippen molar-refractivity contribution in [1.29, 1.82) is 0 Å². The maximum atomic E-state index is 5.01. The van der Waals surface area contributed by atoms with E-state index < -0.39 is 0 Å². The summed E-state index contributed by atoms with van der Waals surface area (Å²) in [6, 6.07) is 4.47. The average Bonchev–Trinajstić information content (AvgIpc) is 3.04. The van der Waals surface area contributed by atoms with E-state index in [0.29, 0.717) is 11.3 Å². The Morgan fingerprint density at radius 3 is 2.90 bits per heavy atom. The number of thioether (sulfide) groups is 1. The lowest BCUT2D eigenvalue weighted by Crippen LogP contribution is -2.26. The predicted molar refractivity (Wildman–Crippen MR) is 97.4 cm³/mol. The molecule has 1 atom stereocenters. The molecule has 1 nitrogen and oxygen atoms in total. The topological polar surface area (TPSA) is 12.4 Å². The molecule has 0 amide bonds. The van der Waals surface area contributed by atoms with Crippen LogP contribution >= 0.6 is 39.0 Å². The van der Waals surface area contributed by atoms with Gasteiger partial charge in [-0.1, -0.05) is 19.9 Å². The van der Waals surface area contributed by atoms with Crippen molar-refractivity contribution < 1.29 is 0 Å². The molecule has 110 valence electrons. The number of thiophene rings is 1. The standard InChI is InChI=1S/C17H18BrNS2/c1-17(2)7-5-11-10(9-17)15(13-3-4-14(18)21-13)16-12(19-11)6-8-20-16/h3-4,9,15H,5-8H2,1-2H3. The van der Waals surface area contributed by atoms with Gasteiger partial charge in [-0.3, -0.25) is 4.99 Å². The van der Waals surface area contributed by atoms with Crippen molar-refractivity contribution in [2.45, 2.75) is 39.0 Å². The number of aliphatic imine (C=N–C) groups is 1. The summed E-state index contributed by atoms with van der Waals surface area (Å²) in [6.07, 6.45) is 5.98. The van der Waals surface area contributed by atoms with Crippen LogP contribution in [0.3, 0.4) is 0 Å². The van der Waals surface area contributed by atoms with E-state index in [9.17, 15) is 0 Å². The van der Waals surface area contributed by atoms with Crippen LogP contribution in [0.5, 0.6) is 0 Å². The van der Waals surface area contributed by atoms with E-state index in [-0.39, 0.29) is 0 Å². The van der Waals surface area contributed by atoms with Crippen molar-refractivity contribution in [2.75, 3.05) is 5.75 Å². The van der Waals surface area contributed by atoms with Gasteiger partial charge in [0, 0.05) is 21.2 Å². The summed E-state index contributed by atoms with van der Waals surface area (Å²) in [5, 5.41) is 0. The van der Waals surface area contributed by atoms with Crippen LogP contribution in [-0.2, 0) is 0 Å². The third-order valence-electron chi connectivity index (χ3n) is 4.49. The normalized spacial score (nSPS) is 27.1. The minimum atomic E-state index is 0.294. The van der Waals surface area contributed by atoms with Gasteiger partial charge in [0.05, 0.1) is 15.4 Å². The quantitative estimate of drug-likeness (QED) is 0.570. The molecule has 21 heavy (non-hydrogen) atoms. The monoisotopic (exact) mass is 379 g/mol. The number of hydrogen-bond acceptors (Lipinski definition) is 3. The minimum absolute atomic E-state index is 0.294. The van der Waals surface area contributed by atoms with E-state index in [1.54, 1.807) is 0 Å². The Balaban J connectivity index is 1.88. The first-order chi connectivity index (χ1) is 10.0. The van der Waals surface area contributed by atoms with Crippen molar-refractivity contribution >= 4 is 44.7 Å². The number of rotatable bonds is 1. The summed E-state index contributed by atoms with van der Waals surface area (Å²) in [4.78, 5) is 7.98. The summed E-state index contributed by atoms with van der Waals surface area (Å²) in [5.74, 6) is 1.64. The molecule has 0 saturated carbocycles. The van der Waals surface area contributed by atoms with Gasteiger partial charge in [-0.15, -0.1) is 23.1 Å². The van der Waals surface area contributed by atoms with Gasteiger partial charge in [-0.2, -0.15) is 0 Å². The SMILES string of the molecule is CC1(C)C=C2C(=NC3=C(SCC3)C2c2ccc(Br)s2)CC1. The molecule has 0 aromatic carbocycles. The largest absolute Gasteiger partial charge is 0.257 e. The van der Waals surface area contributed by atoms with Gasteiger partial charge >= 0.3 is 0 Å². The highest BCUT2D eigenvalue weighted by Gasteiger charge is 2.38. The lowest BCUT2D eigenvalue weighted by atomic mass is 9.74. The predicted octanol–water partition coefficient (Wildman–Crippen LogP) is 6.14. The lowest BCUT2D eigenvalue weighted by Gasteiger charge is -2.35. The number of nitrogens with zero attached hydrogens (tertiary/aromatic N) is 1. The molecule has 4 rings (SSSR count). The zero-order valence-electron chi connectivity index (χ0n) is 12.3. The molecule has 0 radical (unpaired) electrons. The molecule has 1 aromatic rings. The molecule has 0 fully saturated rings. The zero-order chi connectivity index (χ0) is 14.6. The van der Waals surface area contributed by atoms with Gasteiger partial charge in [0.15, 0.2) is 0 Å². The summed E-state index contributed by atoms with van der Waals surface area (Å²) in [5.41, 5.74) is 4.49. The van der Waals surface area contributed by atoms with E-state index in [1.165, 1.54) is 42.7 Å². The Morgan fingerprint density at radius 2 is 2.14 bits per heavy atom. The summed E-state index contributed by atoms with van der Waals surface area (Å²) < 4.78 is 1.22. The molecule has 0 N–H and O–H groups in total. The van der Waals surface area contributed by atoms with Crippen LogP contribution in [0, 0.1) is 5.41 Å². The van der Waals surface area contributed by atoms with E-state index in [1.807, 2.05) is 23.1 Å². The Morgan fingerprint density at radius 1 is 1.29 bits per heavy atom. The van der Waals surface area contributed by atoms with E-state index in [4.69, 9.17) is 4.99 Å². The van der Waals surface area contributed by atoms with E-state index in [2.05, 4.69) is 48.0 Å². The smallest absolute Gasteiger partial charge is 0.0701 e. The number of allylic oxidation sites excluding steroid dienone is 4. The van der Waals surface area contributed by atoms with Crippen LogP contribution < -0.4 is 0 Å². The third-order valence-corrected chi connectivity index (χ3v) is 7.37. The second-order valence-electron chi connectivity index (χ2n) is 6.63. The van der Waals surface area contributed by atoms with Crippen LogP contribution in [0.25, 0.3) is 0 Å². The molecule has 3 aliphatic rings. The van der Waals surface area contributed by atoms with Crippen LogP contribution in [0.15, 0.2) is 43.2 Å². The maximum absolute atomic E-state index is 5.01. The molecule has 0 spiro atoms. The van der Waals surface area contributed by atoms with Gasteiger partial charge in [0.2, 0.25) is 0 Å². The summed E-state index contributed by atoms with van der Waals surface area (Å²) in [7, 11) is 0. The Kier molecular flexibility index (Phi) is 3.47. The van der Waals surface area contributed by atoms with Gasteiger partial charge in [-0.05, 0) is 58.3 Å². The third kappa shape index (κ3) is 2.49. The molecule has 1 aromatic heterocycles. The molecule has 1 unspecified atom stereocenters. The molecular formula is C17H18BrNS2. The molecule has 4 heteroatoms. The first-order valence-electron chi connectivity index (χ1n) is 7.45. The van der Waals surface area contributed by atoms with Crippen molar-refractivity contribution in [2.24, 2.45) is 10.4 Å². The summed E-state index contributed by atoms with van der Waals surface area (Å²) in [6.45, 7) is 4.70. The number of fused-ring (bicyclic) bond motifs is 1. The molecule has 1 aliphatic carbocycles. The van der Waals surface area contributed by atoms with E-state index in [0.717, 1.165) is 12.8 Å². The highest BCUT2D eigenvalue weighted by molar-refractivity contribution is 9.11. The fourth-order valence-corrected chi connectivity index (χ4v) is 6.30. The molecule has 0 saturated heterocycles. The van der Waals surface area contributed by atoms with E-state index >= 15 is 0 Å². The average molecular weight is 380 g/mol. The first kappa shape index (κ1) is 14.3. The molecule has 2 aliphatic heterocycles. The summed E-state index contributed by atoms with van der Waals surface area (Å²) >= 11 is 7.52. The van der Waals surface area contributed by atoms with Crippen LogP contribution in [0.4, 0.5) is 0 Å². The number of hydrogen-bond donors (Lipinski definition) is 0. The lowest BCUT2D eigenvalue weighted by molar-refractivity contribution is 0.435.